The number of para-hydroxylation sites is 1. The molecule has 2 aromatic heterocycles. The number of benzene rings is 1. The van der Waals surface area contributed by atoms with E-state index in [1.807, 2.05) is 47.9 Å². The van der Waals surface area contributed by atoms with Gasteiger partial charge in [-0.15, -0.1) is 10.2 Å². The molecule has 0 aliphatic rings. The standard InChI is InChI=1S/C17H17N5O3S/c1-11-13(7-8-25-11)16-20-21-17(22(16)12-5-3-2-4-6-12)26-10-15(24)19-9-14(18)23/h2-8H,9-10H2,1H3,(H2,18,23)(H,19,24). The maximum atomic E-state index is 11.8. The summed E-state index contributed by atoms with van der Waals surface area (Å²) in [5.74, 6) is 0.543. The lowest BCUT2D eigenvalue weighted by Gasteiger charge is -2.09. The Bertz CT molecular complexity index is 920. The highest BCUT2D eigenvalue weighted by molar-refractivity contribution is 7.99. The minimum atomic E-state index is -0.589. The molecule has 2 heterocycles. The second kappa shape index (κ2) is 7.87. The van der Waals surface area contributed by atoms with Crippen LogP contribution in [0.3, 0.4) is 0 Å². The molecular formula is C17H17N5O3S. The molecule has 0 atom stereocenters. The molecule has 3 rings (SSSR count). The Balaban J connectivity index is 1.89. The number of nitrogens with two attached hydrogens (primary N) is 1. The zero-order chi connectivity index (χ0) is 18.5. The fraction of sp³-hybridized carbons (Fsp3) is 0.176. The van der Waals surface area contributed by atoms with Crippen LogP contribution < -0.4 is 11.1 Å². The Morgan fingerprint density at radius 2 is 2.00 bits per heavy atom. The number of hydrogen-bond donors (Lipinski definition) is 2. The van der Waals surface area contributed by atoms with E-state index >= 15 is 0 Å². The molecule has 26 heavy (non-hydrogen) atoms. The van der Waals surface area contributed by atoms with Crippen LogP contribution >= 0.6 is 11.8 Å². The van der Waals surface area contributed by atoms with Crippen molar-refractivity contribution in [3.8, 4) is 17.1 Å². The molecule has 134 valence electrons. The first-order valence-corrected chi connectivity index (χ1v) is 8.78. The predicted molar refractivity (Wildman–Crippen MR) is 96.7 cm³/mol. The fourth-order valence-corrected chi connectivity index (χ4v) is 3.11. The molecule has 0 unspecified atom stereocenters. The van der Waals surface area contributed by atoms with E-state index in [0.29, 0.717) is 11.0 Å². The molecule has 1 aromatic carbocycles. The molecular weight excluding hydrogens is 354 g/mol. The molecule has 0 fully saturated rings. The van der Waals surface area contributed by atoms with Crippen LogP contribution in [0.5, 0.6) is 0 Å². The van der Waals surface area contributed by atoms with Gasteiger partial charge in [0.15, 0.2) is 11.0 Å². The Kier molecular flexibility index (Phi) is 5.37. The summed E-state index contributed by atoms with van der Waals surface area (Å²) >= 11 is 1.22. The van der Waals surface area contributed by atoms with Gasteiger partial charge in [-0.3, -0.25) is 14.2 Å². The summed E-state index contributed by atoms with van der Waals surface area (Å²) in [5, 5.41) is 11.5. The summed E-state index contributed by atoms with van der Waals surface area (Å²) in [5.41, 5.74) is 6.72. The van der Waals surface area contributed by atoms with Crippen molar-refractivity contribution in [2.75, 3.05) is 12.3 Å². The minimum Gasteiger partial charge on any atom is -0.469 e. The fourth-order valence-electron chi connectivity index (χ4n) is 2.33. The average molecular weight is 371 g/mol. The van der Waals surface area contributed by atoms with Crippen LogP contribution in [0.15, 0.2) is 52.2 Å². The summed E-state index contributed by atoms with van der Waals surface area (Å²) in [6.45, 7) is 1.66. The van der Waals surface area contributed by atoms with Crippen LogP contribution in [0.4, 0.5) is 0 Å². The number of amides is 2. The number of nitrogens with zero attached hydrogens (tertiary/aromatic N) is 3. The minimum absolute atomic E-state index is 0.0859. The van der Waals surface area contributed by atoms with E-state index < -0.39 is 5.91 Å². The molecule has 9 heteroatoms. The van der Waals surface area contributed by atoms with Gasteiger partial charge in [-0.25, -0.2) is 0 Å². The second-order valence-corrected chi connectivity index (χ2v) is 6.34. The molecule has 0 radical (unpaired) electrons. The largest absolute Gasteiger partial charge is 0.469 e. The lowest BCUT2D eigenvalue weighted by molar-refractivity contribution is -0.123. The Labute approximate surface area is 153 Å². The summed E-state index contributed by atoms with van der Waals surface area (Å²) in [7, 11) is 0. The van der Waals surface area contributed by atoms with E-state index in [4.69, 9.17) is 10.2 Å². The van der Waals surface area contributed by atoms with Gasteiger partial charge in [-0.1, -0.05) is 30.0 Å². The number of hydrogen-bond acceptors (Lipinski definition) is 6. The molecule has 2 amide bonds. The quantitative estimate of drug-likeness (QED) is 0.609. The number of thioether (sulfide) groups is 1. The van der Waals surface area contributed by atoms with Crippen molar-refractivity contribution in [1.29, 1.82) is 0 Å². The van der Waals surface area contributed by atoms with E-state index in [1.165, 1.54) is 11.8 Å². The first-order chi connectivity index (χ1) is 12.6. The topological polar surface area (TPSA) is 116 Å². The van der Waals surface area contributed by atoms with Gasteiger partial charge in [0.2, 0.25) is 11.8 Å². The number of carbonyl (C=O) groups excluding carboxylic acids is 2. The summed E-state index contributed by atoms with van der Waals surface area (Å²) in [6, 6.07) is 11.4. The number of primary amides is 1. The molecule has 0 saturated heterocycles. The summed E-state index contributed by atoms with van der Waals surface area (Å²) in [4.78, 5) is 22.6. The van der Waals surface area contributed by atoms with Gasteiger partial charge >= 0.3 is 0 Å². The molecule has 8 nitrogen and oxygen atoms in total. The molecule has 3 aromatic rings. The van der Waals surface area contributed by atoms with E-state index in [9.17, 15) is 9.59 Å². The Hall–Kier alpha value is -3.07. The maximum Gasteiger partial charge on any atom is 0.236 e. The highest BCUT2D eigenvalue weighted by Crippen LogP contribution is 2.30. The van der Waals surface area contributed by atoms with E-state index in [1.54, 1.807) is 6.26 Å². The number of nitrogens with one attached hydrogen (secondary N) is 1. The average Bonchev–Trinajstić information content (AvgIpc) is 3.24. The van der Waals surface area contributed by atoms with E-state index in [0.717, 1.165) is 17.0 Å². The van der Waals surface area contributed by atoms with Crippen molar-refractivity contribution >= 4 is 23.6 Å². The molecule has 0 aliphatic heterocycles. The predicted octanol–water partition coefficient (Wildman–Crippen LogP) is 1.53. The van der Waals surface area contributed by atoms with Gasteiger partial charge in [0.25, 0.3) is 0 Å². The van der Waals surface area contributed by atoms with Crippen molar-refractivity contribution < 1.29 is 14.0 Å². The van der Waals surface area contributed by atoms with Gasteiger partial charge in [0.1, 0.15) is 5.76 Å². The monoisotopic (exact) mass is 371 g/mol. The summed E-state index contributed by atoms with van der Waals surface area (Å²) in [6.07, 6.45) is 1.60. The second-order valence-electron chi connectivity index (χ2n) is 5.40. The van der Waals surface area contributed by atoms with Crippen molar-refractivity contribution in [2.24, 2.45) is 5.73 Å². The molecule has 3 N–H and O–H groups in total. The van der Waals surface area contributed by atoms with Gasteiger partial charge in [0.05, 0.1) is 24.1 Å². The normalized spacial score (nSPS) is 10.7. The number of rotatable bonds is 7. The zero-order valence-corrected chi connectivity index (χ0v) is 14.8. The number of aromatic nitrogens is 3. The first kappa shape index (κ1) is 17.7. The van der Waals surface area contributed by atoms with E-state index in [-0.39, 0.29) is 18.2 Å². The smallest absolute Gasteiger partial charge is 0.236 e. The third kappa shape index (κ3) is 3.94. The van der Waals surface area contributed by atoms with Crippen molar-refractivity contribution in [1.82, 2.24) is 20.1 Å². The SMILES string of the molecule is Cc1occc1-c1nnc(SCC(=O)NCC(N)=O)n1-c1ccccc1. The third-order valence-corrected chi connectivity index (χ3v) is 4.47. The van der Waals surface area contributed by atoms with Gasteiger partial charge in [0, 0.05) is 5.69 Å². The number of carbonyl (C=O) groups is 2. The lowest BCUT2D eigenvalue weighted by Crippen LogP contribution is -2.34. The lowest BCUT2D eigenvalue weighted by atomic mass is 10.2. The maximum absolute atomic E-state index is 11.8. The molecule has 0 aliphatic carbocycles. The highest BCUT2D eigenvalue weighted by Gasteiger charge is 2.19. The van der Waals surface area contributed by atoms with Crippen LogP contribution in [0.1, 0.15) is 5.76 Å². The van der Waals surface area contributed by atoms with E-state index in [2.05, 4.69) is 15.5 Å². The van der Waals surface area contributed by atoms with Gasteiger partial charge in [-0.05, 0) is 25.1 Å². The van der Waals surface area contributed by atoms with Gasteiger partial charge in [-0.2, -0.15) is 0 Å². The van der Waals surface area contributed by atoms with Crippen LogP contribution in [0.2, 0.25) is 0 Å². The first-order valence-electron chi connectivity index (χ1n) is 7.79. The van der Waals surface area contributed by atoms with Crippen molar-refractivity contribution in [3.63, 3.8) is 0 Å². The number of aryl methyl sites for hydroxylation is 1. The molecule has 0 saturated carbocycles. The Morgan fingerprint density at radius 3 is 2.65 bits per heavy atom. The molecule has 0 spiro atoms. The Morgan fingerprint density at radius 1 is 1.23 bits per heavy atom. The zero-order valence-electron chi connectivity index (χ0n) is 14.0. The van der Waals surface area contributed by atoms with Crippen LogP contribution in [0, 0.1) is 6.92 Å². The van der Waals surface area contributed by atoms with Gasteiger partial charge < -0.3 is 15.5 Å². The number of furan rings is 1. The van der Waals surface area contributed by atoms with Crippen molar-refractivity contribution in [3.05, 3.63) is 48.4 Å². The van der Waals surface area contributed by atoms with Crippen LogP contribution in [-0.4, -0.2) is 38.9 Å². The summed E-state index contributed by atoms with van der Waals surface area (Å²) < 4.78 is 7.24. The van der Waals surface area contributed by atoms with Crippen molar-refractivity contribution in [2.45, 2.75) is 12.1 Å². The van der Waals surface area contributed by atoms with Crippen LogP contribution in [0.25, 0.3) is 17.1 Å². The highest BCUT2D eigenvalue weighted by atomic mass is 32.2. The third-order valence-electron chi connectivity index (χ3n) is 3.54. The molecule has 0 bridgehead atoms. The van der Waals surface area contributed by atoms with Crippen LogP contribution in [-0.2, 0) is 9.59 Å².